The molecule has 0 spiro atoms. The van der Waals surface area contributed by atoms with Crippen LogP contribution in [0.1, 0.15) is 33.1 Å². The van der Waals surface area contributed by atoms with Crippen molar-refractivity contribution < 1.29 is 0 Å². The lowest BCUT2D eigenvalue weighted by Gasteiger charge is -2.44. The molecule has 96 valence electrons. The minimum atomic E-state index is 0.208. The predicted molar refractivity (Wildman–Crippen MR) is 77.0 cm³/mol. The molecule has 3 unspecified atom stereocenters. The van der Waals surface area contributed by atoms with E-state index >= 15 is 0 Å². The minimum Gasteiger partial charge on any atom is -0.316 e. The van der Waals surface area contributed by atoms with E-state index in [2.05, 4.69) is 45.0 Å². The first-order valence-electron chi connectivity index (χ1n) is 6.56. The van der Waals surface area contributed by atoms with Crippen LogP contribution in [0.25, 0.3) is 0 Å². The maximum absolute atomic E-state index is 4.27. The first-order chi connectivity index (χ1) is 7.94. The Labute approximate surface area is 107 Å². The van der Waals surface area contributed by atoms with Crippen LogP contribution in [0.5, 0.6) is 0 Å². The molecule has 0 radical (unpaired) electrons. The van der Waals surface area contributed by atoms with E-state index in [0.717, 1.165) is 6.54 Å². The van der Waals surface area contributed by atoms with E-state index in [0.29, 0.717) is 11.8 Å². The van der Waals surface area contributed by atoms with Crippen LogP contribution in [0.15, 0.2) is 37.0 Å². The van der Waals surface area contributed by atoms with Crippen LogP contribution in [-0.2, 0) is 0 Å². The highest BCUT2D eigenvalue weighted by molar-refractivity contribution is 5.17. The van der Waals surface area contributed by atoms with Crippen LogP contribution in [0.3, 0.4) is 0 Å². The molecular formula is C16H27N. The fourth-order valence-electron chi connectivity index (χ4n) is 3.01. The Morgan fingerprint density at radius 2 is 2.12 bits per heavy atom. The highest BCUT2D eigenvalue weighted by Gasteiger charge is 2.38. The zero-order valence-corrected chi connectivity index (χ0v) is 11.7. The fourth-order valence-corrected chi connectivity index (χ4v) is 3.01. The van der Waals surface area contributed by atoms with Crippen molar-refractivity contribution in [3.63, 3.8) is 0 Å². The lowest BCUT2D eigenvalue weighted by atomic mass is 9.61. The zero-order chi connectivity index (χ0) is 13.1. The number of likely N-dealkylation sites (N-methyl/N-ethyl adjacent to an activating group) is 1. The van der Waals surface area contributed by atoms with Crippen molar-refractivity contribution in [3.8, 4) is 0 Å². The standard InChI is InChI=1S/C16H27N/c1-7-16(5)9-8-14(12(2)3)10-15(16)13(4)11-17-6/h7,14-15,17H,1-2,4,8-11H2,3,5-6H3. The molecule has 0 heterocycles. The van der Waals surface area contributed by atoms with Gasteiger partial charge in [0.05, 0.1) is 0 Å². The molecule has 0 amide bonds. The summed E-state index contributed by atoms with van der Waals surface area (Å²) < 4.78 is 0. The van der Waals surface area contributed by atoms with Crippen LogP contribution < -0.4 is 5.32 Å². The SMILES string of the molecule is C=CC1(C)CCC(C(=C)C)CC1C(=C)CNC. The van der Waals surface area contributed by atoms with Crippen LogP contribution >= 0.6 is 0 Å². The van der Waals surface area contributed by atoms with Gasteiger partial charge in [-0.3, -0.25) is 0 Å². The maximum atomic E-state index is 4.27. The fraction of sp³-hybridized carbons (Fsp3) is 0.625. The molecule has 1 heteroatoms. The van der Waals surface area contributed by atoms with Gasteiger partial charge in [0.1, 0.15) is 0 Å². The third kappa shape index (κ3) is 3.10. The molecule has 1 fully saturated rings. The van der Waals surface area contributed by atoms with Crippen molar-refractivity contribution in [3.05, 3.63) is 37.0 Å². The molecule has 1 aliphatic rings. The van der Waals surface area contributed by atoms with E-state index in [1.54, 1.807) is 0 Å². The average molecular weight is 233 g/mol. The van der Waals surface area contributed by atoms with Crippen molar-refractivity contribution in [1.29, 1.82) is 0 Å². The van der Waals surface area contributed by atoms with E-state index in [4.69, 9.17) is 0 Å². The van der Waals surface area contributed by atoms with Gasteiger partial charge < -0.3 is 5.32 Å². The summed E-state index contributed by atoms with van der Waals surface area (Å²) in [5, 5.41) is 3.21. The topological polar surface area (TPSA) is 12.0 Å². The normalized spacial score (nSPS) is 33.1. The van der Waals surface area contributed by atoms with Crippen LogP contribution in [-0.4, -0.2) is 13.6 Å². The van der Waals surface area contributed by atoms with Gasteiger partial charge in [-0.05, 0) is 50.5 Å². The number of allylic oxidation sites excluding steroid dienone is 2. The molecule has 0 aromatic heterocycles. The highest BCUT2D eigenvalue weighted by Crippen LogP contribution is 2.48. The van der Waals surface area contributed by atoms with Gasteiger partial charge in [-0.15, -0.1) is 6.58 Å². The molecule has 1 nitrogen and oxygen atoms in total. The van der Waals surface area contributed by atoms with Crippen LogP contribution in [0.2, 0.25) is 0 Å². The molecule has 0 aromatic carbocycles. The van der Waals surface area contributed by atoms with Crippen molar-refractivity contribution >= 4 is 0 Å². The molecule has 1 aliphatic carbocycles. The molecular weight excluding hydrogens is 206 g/mol. The largest absolute Gasteiger partial charge is 0.316 e. The summed E-state index contributed by atoms with van der Waals surface area (Å²) in [6.07, 6.45) is 5.74. The molecule has 0 saturated heterocycles. The van der Waals surface area contributed by atoms with Crippen molar-refractivity contribution in [1.82, 2.24) is 5.32 Å². The van der Waals surface area contributed by atoms with Gasteiger partial charge in [-0.1, -0.05) is 37.3 Å². The van der Waals surface area contributed by atoms with Gasteiger partial charge in [0.25, 0.3) is 0 Å². The molecule has 17 heavy (non-hydrogen) atoms. The van der Waals surface area contributed by atoms with Gasteiger partial charge >= 0.3 is 0 Å². The quantitative estimate of drug-likeness (QED) is 0.709. The maximum Gasteiger partial charge on any atom is 0.0162 e. The van der Waals surface area contributed by atoms with E-state index < -0.39 is 0 Å². The number of hydrogen-bond donors (Lipinski definition) is 1. The Kier molecular flexibility index (Phi) is 4.76. The van der Waals surface area contributed by atoms with Gasteiger partial charge in [0.15, 0.2) is 0 Å². The monoisotopic (exact) mass is 233 g/mol. The Hall–Kier alpha value is -0.820. The third-order valence-electron chi connectivity index (χ3n) is 4.41. The van der Waals surface area contributed by atoms with Crippen LogP contribution in [0, 0.1) is 17.3 Å². The third-order valence-corrected chi connectivity index (χ3v) is 4.41. The molecule has 0 bridgehead atoms. The highest BCUT2D eigenvalue weighted by atomic mass is 14.8. The van der Waals surface area contributed by atoms with E-state index in [-0.39, 0.29) is 5.41 Å². The average Bonchev–Trinajstić information content (AvgIpc) is 2.29. The Bertz CT molecular complexity index is 315. The number of hydrogen-bond acceptors (Lipinski definition) is 1. The smallest absolute Gasteiger partial charge is 0.0162 e. The van der Waals surface area contributed by atoms with Crippen LogP contribution in [0.4, 0.5) is 0 Å². The summed E-state index contributed by atoms with van der Waals surface area (Å²) in [7, 11) is 1.98. The summed E-state index contributed by atoms with van der Waals surface area (Å²) in [5.41, 5.74) is 2.83. The minimum absolute atomic E-state index is 0.208. The summed E-state index contributed by atoms with van der Waals surface area (Å²) in [4.78, 5) is 0. The summed E-state index contributed by atoms with van der Waals surface area (Å²) in [6, 6.07) is 0. The van der Waals surface area contributed by atoms with E-state index in [1.807, 2.05) is 7.05 Å². The predicted octanol–water partition coefficient (Wildman–Crippen LogP) is 3.95. The summed E-state index contributed by atoms with van der Waals surface area (Å²) in [6.45, 7) is 17.8. The zero-order valence-electron chi connectivity index (χ0n) is 11.7. The number of rotatable bonds is 5. The van der Waals surface area contributed by atoms with E-state index in [9.17, 15) is 0 Å². The number of nitrogens with one attached hydrogen (secondary N) is 1. The Balaban J connectivity index is 2.87. The Morgan fingerprint density at radius 1 is 1.47 bits per heavy atom. The van der Waals surface area contributed by atoms with Gasteiger partial charge in [0, 0.05) is 6.54 Å². The Morgan fingerprint density at radius 3 is 2.59 bits per heavy atom. The second-order valence-electron chi connectivity index (χ2n) is 5.77. The van der Waals surface area contributed by atoms with Crippen molar-refractivity contribution in [2.24, 2.45) is 17.3 Å². The van der Waals surface area contributed by atoms with Crippen molar-refractivity contribution in [2.45, 2.75) is 33.1 Å². The second kappa shape index (κ2) is 5.68. The van der Waals surface area contributed by atoms with E-state index in [1.165, 1.54) is 30.4 Å². The first kappa shape index (κ1) is 14.2. The first-order valence-corrected chi connectivity index (χ1v) is 6.56. The van der Waals surface area contributed by atoms with Crippen molar-refractivity contribution in [2.75, 3.05) is 13.6 Å². The van der Waals surface area contributed by atoms with Gasteiger partial charge in [-0.2, -0.15) is 0 Å². The molecule has 1 saturated carbocycles. The van der Waals surface area contributed by atoms with Gasteiger partial charge in [0.2, 0.25) is 0 Å². The lowest BCUT2D eigenvalue weighted by Crippen LogP contribution is -2.36. The van der Waals surface area contributed by atoms with Gasteiger partial charge in [-0.25, -0.2) is 0 Å². The molecule has 0 aliphatic heterocycles. The summed E-state index contributed by atoms with van der Waals surface area (Å²) in [5.74, 6) is 1.18. The molecule has 0 aromatic rings. The second-order valence-corrected chi connectivity index (χ2v) is 5.77. The lowest BCUT2D eigenvalue weighted by molar-refractivity contribution is 0.168. The summed E-state index contributed by atoms with van der Waals surface area (Å²) >= 11 is 0. The molecule has 1 N–H and O–H groups in total. The molecule has 3 atom stereocenters. The molecule has 1 rings (SSSR count).